The number of carbonyl (C=O) groups excluding carboxylic acids is 1. The first-order valence-electron chi connectivity index (χ1n) is 6.59. The molecule has 0 aromatic carbocycles. The normalized spacial score (nSPS) is 27.3. The molecule has 0 radical (unpaired) electrons. The summed E-state index contributed by atoms with van der Waals surface area (Å²) in [7, 11) is 1.92. The van der Waals surface area contributed by atoms with Gasteiger partial charge in [-0.15, -0.1) is 0 Å². The standard InChI is InChI=1S/C13H26N2OS/c1-10(9-17-3)15(2)13(16)11-7-5-4-6-8-12(11)14/h10-12H,4-9,14H2,1-3H3. The lowest BCUT2D eigenvalue weighted by Gasteiger charge is -2.30. The Kier molecular flexibility index (Phi) is 6.34. The van der Waals surface area contributed by atoms with Crippen LogP contribution >= 0.6 is 11.8 Å². The molecule has 2 N–H and O–H groups in total. The van der Waals surface area contributed by atoms with Crippen molar-refractivity contribution in [2.75, 3.05) is 19.1 Å². The molecule has 0 spiro atoms. The molecule has 3 atom stereocenters. The number of nitrogens with two attached hydrogens (primary N) is 1. The van der Waals surface area contributed by atoms with Crippen LogP contribution in [0.2, 0.25) is 0 Å². The second-order valence-electron chi connectivity index (χ2n) is 5.16. The molecule has 0 aromatic heterocycles. The van der Waals surface area contributed by atoms with E-state index in [0.29, 0.717) is 6.04 Å². The minimum absolute atomic E-state index is 0.0480. The zero-order chi connectivity index (χ0) is 12.8. The van der Waals surface area contributed by atoms with Gasteiger partial charge in [0.1, 0.15) is 0 Å². The van der Waals surface area contributed by atoms with Gasteiger partial charge in [0, 0.05) is 24.9 Å². The Morgan fingerprint density at radius 2 is 2.06 bits per heavy atom. The van der Waals surface area contributed by atoms with Gasteiger partial charge >= 0.3 is 0 Å². The first kappa shape index (κ1) is 14.8. The molecule has 4 heteroatoms. The van der Waals surface area contributed by atoms with E-state index in [9.17, 15) is 4.79 Å². The lowest BCUT2D eigenvalue weighted by molar-refractivity contribution is -0.136. The molecule has 3 unspecified atom stereocenters. The lowest BCUT2D eigenvalue weighted by Crippen LogP contribution is -2.46. The zero-order valence-electron chi connectivity index (χ0n) is 11.3. The van der Waals surface area contributed by atoms with Crippen molar-refractivity contribution < 1.29 is 4.79 Å². The highest BCUT2D eigenvalue weighted by atomic mass is 32.2. The number of amides is 1. The number of carbonyl (C=O) groups is 1. The van der Waals surface area contributed by atoms with Gasteiger partial charge in [0.2, 0.25) is 5.91 Å². The number of rotatable bonds is 4. The van der Waals surface area contributed by atoms with Crippen molar-refractivity contribution in [1.82, 2.24) is 4.90 Å². The summed E-state index contributed by atoms with van der Waals surface area (Å²) in [6, 6.07) is 0.363. The van der Waals surface area contributed by atoms with Crippen molar-refractivity contribution >= 4 is 17.7 Å². The van der Waals surface area contributed by atoms with Crippen molar-refractivity contribution in [3.63, 3.8) is 0 Å². The monoisotopic (exact) mass is 258 g/mol. The third-order valence-corrected chi connectivity index (χ3v) is 4.62. The highest BCUT2D eigenvalue weighted by Crippen LogP contribution is 2.24. The van der Waals surface area contributed by atoms with Crippen LogP contribution in [0.3, 0.4) is 0 Å². The van der Waals surface area contributed by atoms with Crippen LogP contribution in [-0.4, -0.2) is 41.9 Å². The highest BCUT2D eigenvalue weighted by molar-refractivity contribution is 7.98. The number of hydrogen-bond acceptors (Lipinski definition) is 3. The molecule has 1 aliphatic rings. The molecule has 100 valence electrons. The molecule has 3 nitrogen and oxygen atoms in total. The summed E-state index contributed by atoms with van der Waals surface area (Å²) in [6.07, 6.45) is 7.59. The first-order valence-corrected chi connectivity index (χ1v) is 7.98. The van der Waals surface area contributed by atoms with Crippen LogP contribution < -0.4 is 5.73 Å². The van der Waals surface area contributed by atoms with Crippen LogP contribution in [0.15, 0.2) is 0 Å². The number of hydrogen-bond donors (Lipinski definition) is 1. The second-order valence-corrected chi connectivity index (χ2v) is 6.07. The maximum Gasteiger partial charge on any atom is 0.227 e. The minimum atomic E-state index is 0.0480. The maximum atomic E-state index is 12.4. The number of nitrogens with zero attached hydrogens (tertiary/aromatic N) is 1. The molecule has 0 saturated heterocycles. The van der Waals surface area contributed by atoms with Gasteiger partial charge in [-0.05, 0) is 26.0 Å². The molecule has 0 aromatic rings. The Balaban J connectivity index is 2.59. The molecular weight excluding hydrogens is 232 g/mol. The van der Waals surface area contributed by atoms with E-state index in [0.717, 1.165) is 25.0 Å². The van der Waals surface area contributed by atoms with Crippen molar-refractivity contribution in [2.45, 2.75) is 51.1 Å². The summed E-state index contributed by atoms with van der Waals surface area (Å²) < 4.78 is 0. The third kappa shape index (κ3) is 4.18. The Hall–Kier alpha value is -0.220. The predicted octanol–water partition coefficient (Wildman–Crippen LogP) is 2.10. The fourth-order valence-corrected chi connectivity index (χ4v) is 3.18. The third-order valence-electron chi connectivity index (χ3n) is 3.80. The summed E-state index contributed by atoms with van der Waals surface area (Å²) >= 11 is 1.78. The molecule has 1 aliphatic carbocycles. The topological polar surface area (TPSA) is 46.3 Å². The molecule has 1 amide bonds. The lowest BCUT2D eigenvalue weighted by atomic mass is 9.94. The average molecular weight is 258 g/mol. The van der Waals surface area contributed by atoms with E-state index in [1.807, 2.05) is 11.9 Å². The highest BCUT2D eigenvalue weighted by Gasteiger charge is 2.30. The largest absolute Gasteiger partial charge is 0.342 e. The average Bonchev–Trinajstić information content (AvgIpc) is 2.52. The summed E-state index contributed by atoms with van der Waals surface area (Å²) in [6.45, 7) is 2.11. The first-order chi connectivity index (χ1) is 8.07. The fourth-order valence-electron chi connectivity index (χ4n) is 2.47. The predicted molar refractivity (Wildman–Crippen MR) is 75.2 cm³/mol. The van der Waals surface area contributed by atoms with Gasteiger partial charge in [0.05, 0.1) is 5.92 Å². The van der Waals surface area contributed by atoms with Crippen molar-refractivity contribution in [3.8, 4) is 0 Å². The molecule has 0 aliphatic heterocycles. The second kappa shape index (κ2) is 7.27. The molecule has 1 rings (SSSR count). The van der Waals surface area contributed by atoms with E-state index >= 15 is 0 Å². The van der Waals surface area contributed by atoms with Crippen molar-refractivity contribution in [3.05, 3.63) is 0 Å². The van der Waals surface area contributed by atoms with Crippen LogP contribution in [0.25, 0.3) is 0 Å². The smallest absolute Gasteiger partial charge is 0.227 e. The fraction of sp³-hybridized carbons (Fsp3) is 0.923. The molecular formula is C13H26N2OS. The Labute approximate surface area is 109 Å². The van der Waals surface area contributed by atoms with Gasteiger partial charge in [-0.3, -0.25) is 4.79 Å². The Morgan fingerprint density at radius 3 is 2.71 bits per heavy atom. The molecule has 1 saturated carbocycles. The van der Waals surface area contributed by atoms with Gasteiger partial charge in [0.15, 0.2) is 0 Å². The van der Waals surface area contributed by atoms with Gasteiger partial charge in [0.25, 0.3) is 0 Å². The van der Waals surface area contributed by atoms with E-state index in [4.69, 9.17) is 5.73 Å². The van der Waals surface area contributed by atoms with Gasteiger partial charge in [-0.1, -0.05) is 19.3 Å². The zero-order valence-corrected chi connectivity index (χ0v) is 12.1. The summed E-state index contributed by atoms with van der Waals surface area (Å²) in [5.74, 6) is 1.29. The van der Waals surface area contributed by atoms with Crippen LogP contribution in [0, 0.1) is 5.92 Å². The SMILES string of the molecule is CSCC(C)N(C)C(=O)C1CCCCCC1N. The quantitative estimate of drug-likeness (QED) is 0.786. The van der Waals surface area contributed by atoms with Gasteiger partial charge in [-0.25, -0.2) is 0 Å². The maximum absolute atomic E-state index is 12.4. The summed E-state index contributed by atoms with van der Waals surface area (Å²) in [5.41, 5.74) is 6.14. The van der Waals surface area contributed by atoms with Crippen molar-refractivity contribution in [2.24, 2.45) is 11.7 Å². The molecule has 0 heterocycles. The van der Waals surface area contributed by atoms with E-state index in [2.05, 4.69) is 13.2 Å². The molecule has 1 fully saturated rings. The van der Waals surface area contributed by atoms with Crippen LogP contribution in [0.5, 0.6) is 0 Å². The van der Waals surface area contributed by atoms with Crippen LogP contribution in [-0.2, 0) is 4.79 Å². The number of thioether (sulfide) groups is 1. The van der Waals surface area contributed by atoms with E-state index in [-0.39, 0.29) is 17.9 Å². The van der Waals surface area contributed by atoms with Crippen LogP contribution in [0.4, 0.5) is 0 Å². The van der Waals surface area contributed by atoms with E-state index in [1.54, 1.807) is 11.8 Å². The summed E-state index contributed by atoms with van der Waals surface area (Å²) in [5, 5.41) is 0. The van der Waals surface area contributed by atoms with Crippen molar-refractivity contribution in [1.29, 1.82) is 0 Å². The molecule has 17 heavy (non-hydrogen) atoms. The Morgan fingerprint density at radius 1 is 1.41 bits per heavy atom. The Bertz CT molecular complexity index is 248. The molecule has 0 bridgehead atoms. The van der Waals surface area contributed by atoms with Gasteiger partial charge < -0.3 is 10.6 Å². The van der Waals surface area contributed by atoms with Crippen LogP contribution in [0.1, 0.15) is 39.0 Å². The van der Waals surface area contributed by atoms with E-state index in [1.165, 1.54) is 12.8 Å². The van der Waals surface area contributed by atoms with Gasteiger partial charge in [-0.2, -0.15) is 11.8 Å². The summed E-state index contributed by atoms with van der Waals surface area (Å²) in [4.78, 5) is 14.3. The van der Waals surface area contributed by atoms with E-state index < -0.39 is 0 Å². The minimum Gasteiger partial charge on any atom is -0.342 e.